The summed E-state index contributed by atoms with van der Waals surface area (Å²) in [6.07, 6.45) is 3.84. The number of hydrogen-bond donors (Lipinski definition) is 1. The molecule has 3 heterocycles. The Kier molecular flexibility index (Phi) is 8.54. The number of likely N-dealkylation sites (N-methyl/N-ethyl adjacent to an activating group) is 1. The van der Waals surface area contributed by atoms with Crippen molar-refractivity contribution in [1.29, 1.82) is 0 Å². The molecule has 1 aliphatic heterocycles. The van der Waals surface area contributed by atoms with Crippen molar-refractivity contribution in [2.24, 2.45) is 5.16 Å². The molecule has 1 aliphatic rings. The summed E-state index contributed by atoms with van der Waals surface area (Å²) < 4.78 is 36.1. The molecule has 11 nitrogen and oxygen atoms in total. The van der Waals surface area contributed by atoms with Crippen LogP contribution in [0, 0.1) is 6.92 Å². The molecular weight excluding hydrogens is 508 g/mol. The number of ether oxygens (including phenoxy) is 1. The van der Waals surface area contributed by atoms with Crippen LogP contribution in [0.3, 0.4) is 0 Å². The normalized spacial score (nSPS) is 15.5. The molecule has 38 heavy (non-hydrogen) atoms. The highest BCUT2D eigenvalue weighted by atomic mass is 32.2. The number of nitrogens with zero attached hydrogens (tertiary/aromatic N) is 5. The Balaban J connectivity index is 1.90. The highest BCUT2D eigenvalue weighted by Crippen LogP contribution is 2.32. The fourth-order valence-electron chi connectivity index (χ4n) is 4.67. The van der Waals surface area contributed by atoms with Gasteiger partial charge in [-0.05, 0) is 50.6 Å². The molecule has 206 valence electrons. The van der Waals surface area contributed by atoms with E-state index in [-0.39, 0.29) is 16.3 Å². The lowest BCUT2D eigenvalue weighted by Gasteiger charge is -2.31. The third-order valence-corrected chi connectivity index (χ3v) is 8.62. The third-order valence-electron chi connectivity index (χ3n) is 6.73. The van der Waals surface area contributed by atoms with Crippen molar-refractivity contribution in [3.05, 3.63) is 45.4 Å². The minimum Gasteiger partial charge on any atom is -0.493 e. The monoisotopic (exact) mass is 544 g/mol. The maximum Gasteiger partial charge on any atom is 0.275 e. The lowest BCUT2D eigenvalue weighted by molar-refractivity contribution is 0.215. The first-order valence-electron chi connectivity index (χ1n) is 12.9. The molecule has 1 aromatic carbocycles. The Labute approximate surface area is 223 Å². The molecule has 4 rings (SSSR count). The second-order valence-electron chi connectivity index (χ2n) is 9.43. The Morgan fingerprint density at radius 1 is 1.16 bits per heavy atom. The number of benzene rings is 1. The molecule has 0 saturated carbocycles. The van der Waals surface area contributed by atoms with Crippen molar-refractivity contribution in [3.8, 4) is 17.1 Å². The van der Waals surface area contributed by atoms with Crippen LogP contribution in [0.2, 0.25) is 0 Å². The number of oxime groups is 1. The standard InChI is InChI=1S/C26H36N6O5S/c1-6-8-22-21(17-27-36-5)18(3)24-26(33)28-25(29-32(22)24)20-16-19(9-10-23(20)37-15-7-2)38(34,35)31-13-11-30(4)12-14-31/h9-10,16-17H,6-8,11-15H2,1-5H3,(H,28,29,33)/b27-17+. The number of fused-ring (bicyclic) bond motifs is 1. The summed E-state index contributed by atoms with van der Waals surface area (Å²) in [5, 5.41) is 8.71. The zero-order valence-electron chi connectivity index (χ0n) is 22.7. The molecule has 0 amide bonds. The van der Waals surface area contributed by atoms with Crippen molar-refractivity contribution in [3.63, 3.8) is 0 Å². The van der Waals surface area contributed by atoms with E-state index in [4.69, 9.17) is 14.7 Å². The summed E-state index contributed by atoms with van der Waals surface area (Å²) in [5.74, 6) is 0.681. The van der Waals surface area contributed by atoms with Crippen LogP contribution in [0.1, 0.15) is 43.5 Å². The molecule has 0 atom stereocenters. The summed E-state index contributed by atoms with van der Waals surface area (Å²) in [4.78, 5) is 23.3. The van der Waals surface area contributed by atoms with E-state index in [1.165, 1.54) is 11.4 Å². The molecule has 1 fully saturated rings. The minimum atomic E-state index is -3.74. The lowest BCUT2D eigenvalue weighted by Crippen LogP contribution is -2.47. The second kappa shape index (κ2) is 11.7. The Morgan fingerprint density at radius 3 is 2.55 bits per heavy atom. The molecule has 12 heteroatoms. The molecule has 0 radical (unpaired) electrons. The third kappa shape index (κ3) is 5.33. The van der Waals surface area contributed by atoms with Crippen LogP contribution >= 0.6 is 0 Å². The van der Waals surface area contributed by atoms with Gasteiger partial charge in [0.15, 0.2) is 5.82 Å². The zero-order valence-corrected chi connectivity index (χ0v) is 23.5. The Hall–Kier alpha value is -3.22. The summed E-state index contributed by atoms with van der Waals surface area (Å²) in [6.45, 7) is 8.47. The number of piperazine rings is 1. The first kappa shape index (κ1) is 27.8. The van der Waals surface area contributed by atoms with E-state index in [2.05, 4.69) is 15.0 Å². The molecule has 1 saturated heterocycles. The van der Waals surface area contributed by atoms with Crippen LogP contribution in [0.15, 0.2) is 33.0 Å². The average molecular weight is 545 g/mol. The van der Waals surface area contributed by atoms with Crippen molar-refractivity contribution in [1.82, 2.24) is 23.8 Å². The first-order valence-corrected chi connectivity index (χ1v) is 14.3. The topological polar surface area (TPSA) is 122 Å². The maximum absolute atomic E-state index is 13.5. The van der Waals surface area contributed by atoms with Gasteiger partial charge in [-0.1, -0.05) is 25.4 Å². The number of nitrogens with one attached hydrogen (secondary N) is 1. The summed E-state index contributed by atoms with van der Waals surface area (Å²) in [7, 11) is -0.304. The van der Waals surface area contributed by atoms with E-state index in [1.54, 1.807) is 28.9 Å². The van der Waals surface area contributed by atoms with Gasteiger partial charge in [-0.25, -0.2) is 12.9 Å². The molecular formula is C26H36N6O5S. The number of hydrogen-bond acceptors (Lipinski definition) is 8. The van der Waals surface area contributed by atoms with Gasteiger partial charge in [0.25, 0.3) is 5.56 Å². The van der Waals surface area contributed by atoms with Crippen molar-refractivity contribution in [2.45, 2.75) is 44.9 Å². The molecule has 0 unspecified atom stereocenters. The number of H-pyrrole nitrogens is 1. The van der Waals surface area contributed by atoms with Gasteiger partial charge in [-0.3, -0.25) is 4.79 Å². The molecule has 1 N–H and O–H groups in total. The van der Waals surface area contributed by atoms with Crippen molar-refractivity contribution >= 4 is 21.8 Å². The molecule has 2 aromatic heterocycles. The quantitative estimate of drug-likeness (QED) is 0.308. The summed E-state index contributed by atoms with van der Waals surface area (Å²) in [5.41, 5.74) is 2.82. The van der Waals surface area contributed by atoms with Crippen molar-refractivity contribution < 1.29 is 18.0 Å². The van der Waals surface area contributed by atoms with Crippen LogP contribution in [0.4, 0.5) is 0 Å². The molecule has 0 spiro atoms. The number of rotatable bonds is 10. The van der Waals surface area contributed by atoms with E-state index in [0.29, 0.717) is 56.0 Å². The maximum atomic E-state index is 13.5. The van der Waals surface area contributed by atoms with Crippen LogP contribution in [0.25, 0.3) is 16.9 Å². The first-order chi connectivity index (χ1) is 18.2. The van der Waals surface area contributed by atoms with Crippen molar-refractivity contribution in [2.75, 3.05) is 46.9 Å². The lowest BCUT2D eigenvalue weighted by atomic mass is 10.1. The van der Waals surface area contributed by atoms with Gasteiger partial charge in [0.1, 0.15) is 18.4 Å². The van der Waals surface area contributed by atoms with E-state index in [9.17, 15) is 13.2 Å². The number of aryl methyl sites for hydroxylation is 2. The predicted octanol–water partition coefficient (Wildman–Crippen LogP) is 2.66. The highest BCUT2D eigenvalue weighted by molar-refractivity contribution is 7.89. The molecule has 3 aromatic rings. The van der Waals surface area contributed by atoms with E-state index < -0.39 is 10.0 Å². The van der Waals surface area contributed by atoms with Gasteiger partial charge in [0, 0.05) is 31.7 Å². The average Bonchev–Trinajstić information content (AvgIpc) is 3.17. The second-order valence-corrected chi connectivity index (χ2v) is 11.4. The number of sulfonamides is 1. The summed E-state index contributed by atoms with van der Waals surface area (Å²) in [6, 6.07) is 4.75. The highest BCUT2D eigenvalue weighted by Gasteiger charge is 2.29. The number of aromatic nitrogens is 3. The van der Waals surface area contributed by atoms with Crippen LogP contribution < -0.4 is 10.3 Å². The molecule has 0 bridgehead atoms. The van der Waals surface area contributed by atoms with Crippen LogP contribution in [-0.2, 0) is 21.3 Å². The van der Waals surface area contributed by atoms with Gasteiger partial charge in [0.2, 0.25) is 10.0 Å². The van der Waals surface area contributed by atoms with E-state index in [0.717, 1.165) is 29.7 Å². The van der Waals surface area contributed by atoms with Crippen LogP contribution in [0.5, 0.6) is 5.75 Å². The zero-order chi connectivity index (χ0) is 27.4. The van der Waals surface area contributed by atoms with Gasteiger partial charge in [-0.15, -0.1) is 5.10 Å². The minimum absolute atomic E-state index is 0.133. The molecule has 0 aliphatic carbocycles. The van der Waals surface area contributed by atoms with E-state index >= 15 is 0 Å². The SMILES string of the molecule is CCCOc1ccc(S(=O)(=O)N2CCN(C)CC2)cc1-c1nn2c(CCC)c(/C=N/OC)c(C)c2c(=O)[nH]1. The predicted molar refractivity (Wildman–Crippen MR) is 147 cm³/mol. The van der Waals surface area contributed by atoms with Gasteiger partial charge < -0.3 is 19.5 Å². The Morgan fingerprint density at radius 2 is 1.89 bits per heavy atom. The van der Waals surface area contributed by atoms with E-state index in [1.807, 2.05) is 27.8 Å². The summed E-state index contributed by atoms with van der Waals surface area (Å²) >= 11 is 0. The Bertz CT molecular complexity index is 1490. The smallest absolute Gasteiger partial charge is 0.275 e. The largest absolute Gasteiger partial charge is 0.493 e. The van der Waals surface area contributed by atoms with Gasteiger partial charge in [0.05, 0.1) is 29.0 Å². The van der Waals surface area contributed by atoms with Crippen LogP contribution in [-0.4, -0.2) is 85.4 Å². The fourth-order valence-corrected chi connectivity index (χ4v) is 6.11. The van der Waals surface area contributed by atoms with Gasteiger partial charge in [-0.2, -0.15) is 4.31 Å². The van der Waals surface area contributed by atoms with Gasteiger partial charge >= 0.3 is 0 Å². The number of aromatic amines is 1. The fraction of sp³-hybridized carbons (Fsp3) is 0.500.